The second-order valence-electron chi connectivity index (χ2n) is 3.27. The molecule has 2 rings (SSSR count). The summed E-state index contributed by atoms with van der Waals surface area (Å²) in [5.74, 6) is 0.229. The van der Waals surface area contributed by atoms with Gasteiger partial charge in [-0.3, -0.25) is 10.1 Å². The van der Waals surface area contributed by atoms with Crippen molar-refractivity contribution in [3.63, 3.8) is 0 Å². The van der Waals surface area contributed by atoms with E-state index in [4.69, 9.17) is 5.11 Å². The number of carboxylic acids is 1. The Labute approximate surface area is 75.1 Å². The SMILES string of the molecule is O=C(O)C1CCSC2(CNC2)N1. The number of hydrogen-bond acceptors (Lipinski definition) is 4. The molecule has 2 aliphatic rings. The molecule has 1 spiro atoms. The Morgan fingerprint density at radius 1 is 1.58 bits per heavy atom. The van der Waals surface area contributed by atoms with Gasteiger partial charge in [-0.25, -0.2) is 0 Å². The second kappa shape index (κ2) is 2.90. The highest BCUT2D eigenvalue weighted by Gasteiger charge is 2.43. The summed E-state index contributed by atoms with van der Waals surface area (Å²) < 4.78 is 0. The fourth-order valence-corrected chi connectivity index (χ4v) is 2.92. The molecule has 2 fully saturated rings. The van der Waals surface area contributed by atoms with E-state index in [-0.39, 0.29) is 10.9 Å². The summed E-state index contributed by atoms with van der Waals surface area (Å²) in [6.07, 6.45) is 0.738. The molecule has 2 aliphatic heterocycles. The molecule has 4 nitrogen and oxygen atoms in total. The van der Waals surface area contributed by atoms with Gasteiger partial charge in [0.25, 0.3) is 0 Å². The van der Waals surface area contributed by atoms with Gasteiger partial charge < -0.3 is 10.4 Å². The van der Waals surface area contributed by atoms with Gasteiger partial charge in [0, 0.05) is 13.1 Å². The number of aliphatic carboxylic acids is 1. The summed E-state index contributed by atoms with van der Waals surface area (Å²) in [4.78, 5) is 10.7. The average molecular weight is 188 g/mol. The molecule has 0 aromatic rings. The fraction of sp³-hybridized carbons (Fsp3) is 0.857. The highest BCUT2D eigenvalue weighted by Crippen LogP contribution is 2.32. The van der Waals surface area contributed by atoms with Gasteiger partial charge in [-0.1, -0.05) is 0 Å². The van der Waals surface area contributed by atoms with Crippen LogP contribution in [0.15, 0.2) is 0 Å². The Morgan fingerprint density at radius 2 is 2.33 bits per heavy atom. The van der Waals surface area contributed by atoms with Crippen LogP contribution in [-0.2, 0) is 4.79 Å². The third-order valence-electron chi connectivity index (χ3n) is 2.34. The van der Waals surface area contributed by atoms with Gasteiger partial charge in [0.2, 0.25) is 0 Å². The van der Waals surface area contributed by atoms with Gasteiger partial charge in [0.15, 0.2) is 0 Å². The maximum Gasteiger partial charge on any atom is 0.320 e. The minimum absolute atomic E-state index is 0.0291. The molecule has 3 N–H and O–H groups in total. The molecule has 68 valence electrons. The monoisotopic (exact) mass is 188 g/mol. The van der Waals surface area contributed by atoms with Crippen LogP contribution in [0.4, 0.5) is 0 Å². The normalized spacial score (nSPS) is 32.8. The maximum atomic E-state index is 10.7. The van der Waals surface area contributed by atoms with Crippen LogP contribution >= 0.6 is 11.8 Å². The molecule has 0 aliphatic carbocycles. The lowest BCUT2D eigenvalue weighted by Crippen LogP contribution is -2.70. The van der Waals surface area contributed by atoms with Crippen molar-refractivity contribution >= 4 is 17.7 Å². The van der Waals surface area contributed by atoms with Crippen molar-refractivity contribution in [1.82, 2.24) is 10.6 Å². The lowest BCUT2D eigenvalue weighted by atomic mass is 10.1. The van der Waals surface area contributed by atoms with Crippen LogP contribution in [0.5, 0.6) is 0 Å². The van der Waals surface area contributed by atoms with E-state index in [9.17, 15) is 4.79 Å². The number of hydrogen-bond donors (Lipinski definition) is 3. The van der Waals surface area contributed by atoms with E-state index >= 15 is 0 Å². The van der Waals surface area contributed by atoms with E-state index in [2.05, 4.69) is 10.6 Å². The lowest BCUT2D eigenvalue weighted by Gasteiger charge is -2.47. The number of carbonyl (C=O) groups is 1. The number of nitrogens with one attached hydrogen (secondary N) is 2. The van der Waals surface area contributed by atoms with Crippen molar-refractivity contribution in [1.29, 1.82) is 0 Å². The summed E-state index contributed by atoms with van der Waals surface area (Å²) in [6.45, 7) is 1.78. The van der Waals surface area contributed by atoms with Crippen molar-refractivity contribution in [2.75, 3.05) is 18.8 Å². The standard InChI is InChI=1S/C7H12N2O2S/c10-6(11)5-1-2-12-7(9-5)3-8-4-7/h5,8-9H,1-4H2,(H,10,11). The topological polar surface area (TPSA) is 61.4 Å². The zero-order valence-electron chi connectivity index (χ0n) is 6.67. The summed E-state index contributed by atoms with van der Waals surface area (Å²) in [6, 6.07) is -0.339. The summed E-state index contributed by atoms with van der Waals surface area (Å²) in [5.41, 5.74) is 0. The third-order valence-corrected chi connectivity index (χ3v) is 3.74. The number of rotatable bonds is 1. The van der Waals surface area contributed by atoms with Crippen molar-refractivity contribution in [3.05, 3.63) is 0 Å². The Balaban J connectivity index is 1.98. The summed E-state index contributed by atoms with van der Waals surface area (Å²) in [7, 11) is 0. The third kappa shape index (κ3) is 1.32. The van der Waals surface area contributed by atoms with Crippen molar-refractivity contribution in [2.24, 2.45) is 0 Å². The van der Waals surface area contributed by atoms with Crippen LogP contribution < -0.4 is 10.6 Å². The van der Waals surface area contributed by atoms with Crippen LogP contribution in [-0.4, -0.2) is 40.8 Å². The van der Waals surface area contributed by atoms with Gasteiger partial charge in [-0.15, -0.1) is 11.8 Å². The van der Waals surface area contributed by atoms with Crippen LogP contribution in [0.2, 0.25) is 0 Å². The van der Waals surface area contributed by atoms with Crippen LogP contribution in [0, 0.1) is 0 Å². The molecule has 0 bridgehead atoms. The highest BCUT2D eigenvalue weighted by molar-refractivity contribution is 8.00. The molecular weight excluding hydrogens is 176 g/mol. The molecule has 0 aromatic heterocycles. The lowest BCUT2D eigenvalue weighted by molar-refractivity contribution is -0.140. The van der Waals surface area contributed by atoms with E-state index in [0.717, 1.165) is 25.3 Å². The molecule has 2 heterocycles. The minimum Gasteiger partial charge on any atom is -0.480 e. The molecular formula is C7H12N2O2S. The largest absolute Gasteiger partial charge is 0.480 e. The predicted molar refractivity (Wildman–Crippen MR) is 47.2 cm³/mol. The van der Waals surface area contributed by atoms with Crippen LogP contribution in [0.25, 0.3) is 0 Å². The van der Waals surface area contributed by atoms with Crippen molar-refractivity contribution in [2.45, 2.75) is 17.3 Å². The van der Waals surface area contributed by atoms with E-state index in [1.54, 1.807) is 0 Å². The van der Waals surface area contributed by atoms with Crippen LogP contribution in [0.3, 0.4) is 0 Å². The van der Waals surface area contributed by atoms with E-state index in [1.807, 2.05) is 11.8 Å². The Hall–Kier alpha value is -0.260. The van der Waals surface area contributed by atoms with E-state index in [1.165, 1.54) is 0 Å². The summed E-state index contributed by atoms with van der Waals surface area (Å²) >= 11 is 1.84. The number of thioether (sulfide) groups is 1. The average Bonchev–Trinajstić information content (AvgIpc) is 2.02. The van der Waals surface area contributed by atoms with Crippen LogP contribution in [0.1, 0.15) is 6.42 Å². The molecule has 12 heavy (non-hydrogen) atoms. The van der Waals surface area contributed by atoms with Gasteiger partial charge >= 0.3 is 5.97 Å². The highest BCUT2D eigenvalue weighted by atomic mass is 32.2. The Bertz CT molecular complexity index is 206. The van der Waals surface area contributed by atoms with Crippen molar-refractivity contribution in [3.8, 4) is 0 Å². The predicted octanol–water partition coefficient (Wildman–Crippen LogP) is -0.534. The maximum absolute atomic E-state index is 10.7. The smallest absolute Gasteiger partial charge is 0.320 e. The number of carboxylic acid groups (broad SMARTS) is 1. The molecule has 0 saturated carbocycles. The first-order chi connectivity index (χ1) is 5.72. The van der Waals surface area contributed by atoms with E-state index in [0.29, 0.717) is 0 Å². The second-order valence-corrected chi connectivity index (χ2v) is 4.75. The summed E-state index contributed by atoms with van der Waals surface area (Å²) in [5, 5.41) is 15.1. The Kier molecular flexibility index (Phi) is 2.02. The first-order valence-corrected chi connectivity index (χ1v) is 5.06. The molecule has 5 heteroatoms. The van der Waals surface area contributed by atoms with Gasteiger partial charge in [0.05, 0.1) is 4.87 Å². The molecule has 1 atom stereocenters. The van der Waals surface area contributed by atoms with Gasteiger partial charge in [-0.2, -0.15) is 0 Å². The van der Waals surface area contributed by atoms with Gasteiger partial charge in [-0.05, 0) is 12.2 Å². The molecule has 0 aromatic carbocycles. The molecule has 2 saturated heterocycles. The first-order valence-electron chi connectivity index (χ1n) is 4.07. The first kappa shape index (κ1) is 8.34. The molecule has 1 unspecified atom stereocenters. The Morgan fingerprint density at radius 3 is 2.83 bits per heavy atom. The zero-order chi connectivity index (χ0) is 8.60. The van der Waals surface area contributed by atoms with Gasteiger partial charge in [0.1, 0.15) is 6.04 Å². The fourth-order valence-electron chi connectivity index (χ4n) is 1.54. The zero-order valence-corrected chi connectivity index (χ0v) is 7.49. The quantitative estimate of drug-likeness (QED) is 0.516. The van der Waals surface area contributed by atoms with E-state index < -0.39 is 5.97 Å². The minimum atomic E-state index is -0.721. The molecule has 0 radical (unpaired) electrons. The molecule has 0 amide bonds. The van der Waals surface area contributed by atoms with Crippen molar-refractivity contribution < 1.29 is 9.90 Å².